The summed E-state index contributed by atoms with van der Waals surface area (Å²) in [4.78, 5) is 2.21. The van der Waals surface area contributed by atoms with Gasteiger partial charge >= 0.3 is 0 Å². The summed E-state index contributed by atoms with van der Waals surface area (Å²) < 4.78 is 1.83. The van der Waals surface area contributed by atoms with Gasteiger partial charge in [0.1, 0.15) is 0 Å². The predicted octanol–water partition coefficient (Wildman–Crippen LogP) is 2.51. The van der Waals surface area contributed by atoms with Gasteiger partial charge in [-0.1, -0.05) is 29.8 Å². The third-order valence-electron chi connectivity index (χ3n) is 3.54. The maximum Gasteiger partial charge on any atom is 0.0641 e. The van der Waals surface area contributed by atoms with Crippen LogP contribution in [0.5, 0.6) is 0 Å². The van der Waals surface area contributed by atoms with Crippen LogP contribution in [-0.2, 0) is 13.6 Å². The first-order valence-corrected chi connectivity index (χ1v) is 7.04. The van der Waals surface area contributed by atoms with Crippen molar-refractivity contribution in [2.24, 2.45) is 12.8 Å². The number of nitrogens with two attached hydrogens (primary N) is 1. The van der Waals surface area contributed by atoms with Gasteiger partial charge in [0.25, 0.3) is 0 Å². The number of aryl methyl sites for hydroxylation is 2. The zero-order chi connectivity index (χ0) is 14.7. The number of nitrogens with zero attached hydrogens (tertiary/aromatic N) is 3. The highest BCUT2D eigenvalue weighted by molar-refractivity contribution is 6.31. The van der Waals surface area contributed by atoms with Crippen LogP contribution in [0, 0.1) is 6.92 Å². The SMILES string of the molecule is Cc1nn(C)cc1C(CN)N(C)Cc1ccccc1Cl. The van der Waals surface area contributed by atoms with Crippen LogP contribution in [0.25, 0.3) is 0 Å². The Morgan fingerprint density at radius 1 is 1.40 bits per heavy atom. The van der Waals surface area contributed by atoms with Crippen molar-refractivity contribution in [3.8, 4) is 0 Å². The van der Waals surface area contributed by atoms with Crippen LogP contribution >= 0.6 is 11.6 Å². The van der Waals surface area contributed by atoms with Gasteiger partial charge in [-0.2, -0.15) is 5.10 Å². The van der Waals surface area contributed by atoms with E-state index in [0.29, 0.717) is 6.54 Å². The molecule has 0 aliphatic carbocycles. The van der Waals surface area contributed by atoms with Gasteiger partial charge in [-0.3, -0.25) is 9.58 Å². The highest BCUT2D eigenvalue weighted by atomic mass is 35.5. The fraction of sp³-hybridized carbons (Fsp3) is 0.400. The number of halogens is 1. The van der Waals surface area contributed by atoms with Gasteiger partial charge in [0, 0.05) is 36.9 Å². The Balaban J connectivity index is 2.20. The third-order valence-corrected chi connectivity index (χ3v) is 3.91. The second-order valence-electron chi connectivity index (χ2n) is 5.10. The molecule has 2 aromatic rings. The minimum Gasteiger partial charge on any atom is -0.329 e. The molecular weight excluding hydrogens is 272 g/mol. The lowest BCUT2D eigenvalue weighted by atomic mass is 10.1. The van der Waals surface area contributed by atoms with Crippen molar-refractivity contribution in [1.82, 2.24) is 14.7 Å². The number of hydrogen-bond acceptors (Lipinski definition) is 3. The van der Waals surface area contributed by atoms with Gasteiger partial charge < -0.3 is 5.73 Å². The van der Waals surface area contributed by atoms with Crippen molar-refractivity contribution >= 4 is 11.6 Å². The largest absolute Gasteiger partial charge is 0.329 e. The summed E-state index contributed by atoms with van der Waals surface area (Å²) in [5.74, 6) is 0. The lowest BCUT2D eigenvalue weighted by Gasteiger charge is -2.27. The molecule has 0 fully saturated rings. The molecule has 2 N–H and O–H groups in total. The Labute approximate surface area is 125 Å². The van der Waals surface area contributed by atoms with Crippen LogP contribution in [-0.4, -0.2) is 28.3 Å². The molecule has 1 atom stereocenters. The number of likely N-dealkylation sites (N-methyl/N-ethyl adjacent to an activating group) is 1. The van der Waals surface area contributed by atoms with Crippen molar-refractivity contribution in [2.75, 3.05) is 13.6 Å². The molecule has 0 radical (unpaired) electrons. The van der Waals surface area contributed by atoms with E-state index in [4.69, 9.17) is 17.3 Å². The lowest BCUT2D eigenvalue weighted by Crippen LogP contribution is -2.30. The van der Waals surface area contributed by atoms with Crippen LogP contribution < -0.4 is 5.73 Å². The summed E-state index contributed by atoms with van der Waals surface area (Å²) in [5.41, 5.74) is 9.26. The van der Waals surface area contributed by atoms with Crippen LogP contribution in [0.15, 0.2) is 30.5 Å². The fourth-order valence-electron chi connectivity index (χ4n) is 2.49. The highest BCUT2D eigenvalue weighted by Crippen LogP contribution is 2.24. The van der Waals surface area contributed by atoms with Crippen molar-refractivity contribution in [3.05, 3.63) is 52.3 Å². The minimum absolute atomic E-state index is 0.139. The molecule has 1 heterocycles. The first kappa shape index (κ1) is 15.0. The van der Waals surface area contributed by atoms with Crippen molar-refractivity contribution in [2.45, 2.75) is 19.5 Å². The van der Waals surface area contributed by atoms with E-state index >= 15 is 0 Å². The first-order chi connectivity index (χ1) is 9.52. The van der Waals surface area contributed by atoms with E-state index in [1.54, 1.807) is 0 Å². The lowest BCUT2D eigenvalue weighted by molar-refractivity contribution is 0.241. The van der Waals surface area contributed by atoms with Gasteiger partial charge in [0.2, 0.25) is 0 Å². The maximum atomic E-state index is 6.22. The Bertz CT molecular complexity index is 579. The van der Waals surface area contributed by atoms with Crippen LogP contribution in [0.1, 0.15) is 22.9 Å². The second-order valence-corrected chi connectivity index (χ2v) is 5.51. The van der Waals surface area contributed by atoms with E-state index in [-0.39, 0.29) is 6.04 Å². The Morgan fingerprint density at radius 3 is 2.65 bits per heavy atom. The van der Waals surface area contributed by atoms with Crippen molar-refractivity contribution < 1.29 is 0 Å². The molecule has 1 aromatic carbocycles. The topological polar surface area (TPSA) is 47.1 Å². The molecule has 0 bridgehead atoms. The summed E-state index contributed by atoms with van der Waals surface area (Å²) in [6.07, 6.45) is 2.04. The summed E-state index contributed by atoms with van der Waals surface area (Å²) in [7, 11) is 3.99. The van der Waals surface area contributed by atoms with E-state index in [2.05, 4.69) is 17.0 Å². The number of hydrogen-bond donors (Lipinski definition) is 1. The zero-order valence-corrected chi connectivity index (χ0v) is 12.9. The van der Waals surface area contributed by atoms with Gasteiger partial charge in [-0.05, 0) is 25.6 Å². The average Bonchev–Trinajstić information content (AvgIpc) is 2.72. The van der Waals surface area contributed by atoms with E-state index in [1.165, 1.54) is 5.56 Å². The van der Waals surface area contributed by atoms with E-state index < -0.39 is 0 Å². The monoisotopic (exact) mass is 292 g/mol. The van der Waals surface area contributed by atoms with E-state index in [0.717, 1.165) is 22.8 Å². The smallest absolute Gasteiger partial charge is 0.0641 e. The first-order valence-electron chi connectivity index (χ1n) is 6.66. The predicted molar refractivity (Wildman–Crippen MR) is 82.7 cm³/mol. The Hall–Kier alpha value is -1.36. The standard InChI is InChI=1S/C15H21ClN4/c1-11-13(10-20(3)18-11)15(8-17)19(2)9-12-6-4-5-7-14(12)16/h4-7,10,15H,8-9,17H2,1-3H3. The van der Waals surface area contributed by atoms with Crippen molar-refractivity contribution in [3.63, 3.8) is 0 Å². The molecule has 0 saturated heterocycles. The highest BCUT2D eigenvalue weighted by Gasteiger charge is 2.20. The molecule has 1 unspecified atom stereocenters. The molecule has 0 aliphatic rings. The van der Waals surface area contributed by atoms with E-state index in [9.17, 15) is 0 Å². The molecule has 0 spiro atoms. The number of rotatable bonds is 5. The molecule has 0 saturated carbocycles. The molecule has 108 valence electrons. The molecule has 2 rings (SSSR count). The maximum absolute atomic E-state index is 6.22. The van der Waals surface area contributed by atoms with Gasteiger partial charge in [-0.15, -0.1) is 0 Å². The number of benzene rings is 1. The molecule has 4 nitrogen and oxygen atoms in total. The van der Waals surface area contributed by atoms with Crippen LogP contribution in [0.3, 0.4) is 0 Å². The minimum atomic E-state index is 0.139. The van der Waals surface area contributed by atoms with Crippen molar-refractivity contribution in [1.29, 1.82) is 0 Å². The molecular formula is C15H21ClN4. The molecule has 1 aromatic heterocycles. The van der Waals surface area contributed by atoms with Gasteiger partial charge in [0.15, 0.2) is 0 Å². The van der Waals surface area contributed by atoms with Crippen LogP contribution in [0.2, 0.25) is 5.02 Å². The third kappa shape index (κ3) is 3.20. The summed E-state index contributed by atoms with van der Waals surface area (Å²) in [5, 5.41) is 5.19. The van der Waals surface area contributed by atoms with E-state index in [1.807, 2.05) is 49.1 Å². The quantitative estimate of drug-likeness (QED) is 0.921. The molecule has 5 heteroatoms. The molecule has 0 amide bonds. The normalized spacial score (nSPS) is 12.9. The van der Waals surface area contributed by atoms with Gasteiger partial charge in [-0.25, -0.2) is 0 Å². The number of aromatic nitrogens is 2. The fourth-order valence-corrected chi connectivity index (χ4v) is 2.69. The average molecular weight is 293 g/mol. The summed E-state index contributed by atoms with van der Waals surface area (Å²) in [6, 6.07) is 8.04. The summed E-state index contributed by atoms with van der Waals surface area (Å²) in [6.45, 7) is 3.32. The van der Waals surface area contributed by atoms with Crippen LogP contribution in [0.4, 0.5) is 0 Å². The second kappa shape index (κ2) is 6.39. The Morgan fingerprint density at radius 2 is 2.10 bits per heavy atom. The zero-order valence-electron chi connectivity index (χ0n) is 12.2. The molecule has 0 aliphatic heterocycles. The Kier molecular flexibility index (Phi) is 4.81. The van der Waals surface area contributed by atoms with Gasteiger partial charge in [0.05, 0.1) is 11.7 Å². The molecule has 20 heavy (non-hydrogen) atoms. The summed E-state index contributed by atoms with van der Waals surface area (Å²) >= 11 is 6.22.